The Labute approximate surface area is 85.9 Å². The number of hydrogen-bond acceptors (Lipinski definition) is 2. The zero-order valence-corrected chi connectivity index (χ0v) is 8.96. The fourth-order valence-corrected chi connectivity index (χ4v) is 2.14. The lowest BCUT2D eigenvalue weighted by molar-refractivity contribution is -0.122. The van der Waals surface area contributed by atoms with Crippen LogP contribution in [-0.4, -0.2) is 23.7 Å². The number of carbonyl (C=O) groups is 1. The molecule has 3 nitrogen and oxygen atoms in total. The first kappa shape index (κ1) is 11.5. The molecule has 0 spiro atoms. The molecule has 2 N–H and O–H groups in total. The average molecular weight is 199 g/mol. The van der Waals surface area contributed by atoms with Gasteiger partial charge in [-0.05, 0) is 32.1 Å². The highest BCUT2D eigenvalue weighted by Crippen LogP contribution is 2.27. The van der Waals surface area contributed by atoms with Gasteiger partial charge in [-0.1, -0.05) is 12.8 Å². The molecular formula is C11H21NO2. The predicted octanol–water partition coefficient (Wildman–Crippen LogP) is 1.45. The molecule has 82 valence electrons. The topological polar surface area (TPSA) is 49.3 Å². The Kier molecular flexibility index (Phi) is 4.94. The van der Waals surface area contributed by atoms with E-state index < -0.39 is 0 Å². The maximum Gasteiger partial charge on any atom is 0.220 e. The van der Waals surface area contributed by atoms with Gasteiger partial charge in [-0.2, -0.15) is 0 Å². The molecule has 0 aliphatic heterocycles. The van der Waals surface area contributed by atoms with Crippen LogP contribution in [0.1, 0.15) is 45.4 Å². The van der Waals surface area contributed by atoms with E-state index in [1.807, 2.05) is 0 Å². The van der Waals surface area contributed by atoms with Gasteiger partial charge in [0.05, 0.1) is 0 Å². The lowest BCUT2D eigenvalue weighted by Crippen LogP contribution is -2.37. The summed E-state index contributed by atoms with van der Waals surface area (Å²) in [4.78, 5) is 11.3. The Balaban J connectivity index is 2.18. The van der Waals surface area contributed by atoms with Crippen LogP contribution in [-0.2, 0) is 4.79 Å². The van der Waals surface area contributed by atoms with Crippen LogP contribution < -0.4 is 5.32 Å². The highest BCUT2D eigenvalue weighted by Gasteiger charge is 2.22. The van der Waals surface area contributed by atoms with E-state index in [4.69, 9.17) is 5.11 Å². The molecule has 0 aromatic rings. The van der Waals surface area contributed by atoms with Crippen molar-refractivity contribution in [2.45, 2.75) is 51.5 Å². The first-order valence-corrected chi connectivity index (χ1v) is 5.64. The molecule has 0 aromatic carbocycles. The number of carbonyl (C=O) groups excluding carboxylic acids is 1. The van der Waals surface area contributed by atoms with Crippen LogP contribution in [0, 0.1) is 5.92 Å². The monoisotopic (exact) mass is 199 g/mol. The van der Waals surface area contributed by atoms with Gasteiger partial charge in [0.2, 0.25) is 5.91 Å². The summed E-state index contributed by atoms with van der Waals surface area (Å²) in [7, 11) is 0. The Morgan fingerprint density at radius 3 is 2.71 bits per heavy atom. The Hall–Kier alpha value is -0.570. The molecule has 0 heterocycles. The first-order valence-electron chi connectivity index (χ1n) is 5.64. The highest BCUT2D eigenvalue weighted by atomic mass is 16.3. The Morgan fingerprint density at radius 1 is 1.50 bits per heavy atom. The zero-order chi connectivity index (χ0) is 10.4. The van der Waals surface area contributed by atoms with Gasteiger partial charge in [0.25, 0.3) is 0 Å². The predicted molar refractivity (Wildman–Crippen MR) is 55.9 cm³/mol. The van der Waals surface area contributed by atoms with Gasteiger partial charge in [-0.3, -0.25) is 4.79 Å². The summed E-state index contributed by atoms with van der Waals surface area (Å²) in [5.74, 6) is 0.756. The molecule has 0 unspecified atom stereocenters. The minimum absolute atomic E-state index is 0.0819. The van der Waals surface area contributed by atoms with Crippen molar-refractivity contribution in [1.82, 2.24) is 5.32 Å². The third-order valence-corrected chi connectivity index (χ3v) is 3.06. The van der Waals surface area contributed by atoms with Crippen molar-refractivity contribution in [3.05, 3.63) is 0 Å². The normalized spacial score (nSPS) is 19.6. The van der Waals surface area contributed by atoms with Crippen LogP contribution in [0.5, 0.6) is 0 Å². The first-order chi connectivity index (χ1) is 6.74. The molecule has 0 saturated heterocycles. The molecule has 0 radical (unpaired) electrons. The minimum atomic E-state index is 0.0819. The molecule has 1 aliphatic carbocycles. The summed E-state index contributed by atoms with van der Waals surface area (Å²) in [6.45, 7) is 2.19. The van der Waals surface area contributed by atoms with Crippen LogP contribution in [0.4, 0.5) is 0 Å². The van der Waals surface area contributed by atoms with Gasteiger partial charge < -0.3 is 10.4 Å². The molecule has 1 aliphatic rings. The van der Waals surface area contributed by atoms with Crippen molar-refractivity contribution in [2.75, 3.05) is 6.61 Å². The summed E-state index contributed by atoms with van der Waals surface area (Å²) >= 11 is 0. The van der Waals surface area contributed by atoms with Crippen molar-refractivity contribution < 1.29 is 9.90 Å². The number of rotatable bonds is 5. The number of amides is 1. The van der Waals surface area contributed by atoms with Crippen LogP contribution in [0.3, 0.4) is 0 Å². The van der Waals surface area contributed by atoms with E-state index in [-0.39, 0.29) is 12.5 Å². The van der Waals surface area contributed by atoms with E-state index in [1.165, 1.54) is 25.7 Å². The van der Waals surface area contributed by atoms with Crippen molar-refractivity contribution >= 4 is 5.91 Å². The van der Waals surface area contributed by atoms with Crippen LogP contribution in [0.15, 0.2) is 0 Å². The highest BCUT2D eigenvalue weighted by molar-refractivity contribution is 5.76. The summed E-state index contributed by atoms with van der Waals surface area (Å²) < 4.78 is 0. The average Bonchev–Trinajstić information content (AvgIpc) is 2.67. The van der Waals surface area contributed by atoms with Crippen molar-refractivity contribution in [3.63, 3.8) is 0 Å². The fourth-order valence-electron chi connectivity index (χ4n) is 2.14. The van der Waals surface area contributed by atoms with E-state index >= 15 is 0 Å². The largest absolute Gasteiger partial charge is 0.396 e. The fraction of sp³-hybridized carbons (Fsp3) is 0.909. The van der Waals surface area contributed by atoms with E-state index in [1.54, 1.807) is 0 Å². The van der Waals surface area contributed by atoms with Gasteiger partial charge in [0.1, 0.15) is 0 Å². The number of aliphatic hydroxyl groups is 1. The molecule has 3 heteroatoms. The van der Waals surface area contributed by atoms with Crippen LogP contribution in [0.25, 0.3) is 0 Å². The molecule has 14 heavy (non-hydrogen) atoms. The molecule has 1 atom stereocenters. The number of aliphatic hydroxyl groups excluding tert-OH is 1. The molecule has 0 aromatic heterocycles. The summed E-state index contributed by atoms with van der Waals surface area (Å²) in [6.07, 6.45) is 6.14. The zero-order valence-electron chi connectivity index (χ0n) is 8.96. The third kappa shape index (κ3) is 3.66. The third-order valence-electron chi connectivity index (χ3n) is 3.06. The van der Waals surface area contributed by atoms with E-state index in [0.29, 0.717) is 24.8 Å². The number of nitrogens with one attached hydrogen (secondary N) is 1. The van der Waals surface area contributed by atoms with Gasteiger partial charge in [0.15, 0.2) is 0 Å². The van der Waals surface area contributed by atoms with Gasteiger partial charge in [0, 0.05) is 19.1 Å². The second kappa shape index (κ2) is 6.02. The summed E-state index contributed by atoms with van der Waals surface area (Å²) in [5, 5.41) is 11.6. The second-order valence-corrected chi connectivity index (χ2v) is 4.23. The van der Waals surface area contributed by atoms with Crippen LogP contribution >= 0.6 is 0 Å². The van der Waals surface area contributed by atoms with E-state index in [0.717, 1.165) is 0 Å². The van der Waals surface area contributed by atoms with Gasteiger partial charge in [-0.25, -0.2) is 0 Å². The van der Waals surface area contributed by atoms with Crippen molar-refractivity contribution in [1.29, 1.82) is 0 Å². The standard InChI is InChI=1S/C11H21NO2/c1-9(10-5-2-3-6-10)12-11(14)7-4-8-13/h9-10,13H,2-8H2,1H3,(H,12,14)/t9-/m1/s1. The lowest BCUT2D eigenvalue weighted by atomic mass is 10.00. The molecule has 0 bridgehead atoms. The van der Waals surface area contributed by atoms with E-state index in [2.05, 4.69) is 12.2 Å². The molecule has 1 amide bonds. The second-order valence-electron chi connectivity index (χ2n) is 4.23. The maximum atomic E-state index is 11.3. The molecular weight excluding hydrogens is 178 g/mol. The Bertz CT molecular complexity index is 176. The number of hydrogen-bond donors (Lipinski definition) is 2. The van der Waals surface area contributed by atoms with E-state index in [9.17, 15) is 4.79 Å². The summed E-state index contributed by atoms with van der Waals surface area (Å²) in [5.41, 5.74) is 0. The lowest BCUT2D eigenvalue weighted by Gasteiger charge is -2.20. The maximum absolute atomic E-state index is 11.3. The summed E-state index contributed by atoms with van der Waals surface area (Å²) in [6, 6.07) is 0.309. The molecule has 1 saturated carbocycles. The molecule has 1 fully saturated rings. The quantitative estimate of drug-likeness (QED) is 0.704. The minimum Gasteiger partial charge on any atom is -0.396 e. The SMILES string of the molecule is C[C@@H](NC(=O)CCCO)C1CCCC1. The Morgan fingerprint density at radius 2 is 2.14 bits per heavy atom. The van der Waals surface area contributed by atoms with Crippen LogP contribution in [0.2, 0.25) is 0 Å². The van der Waals surface area contributed by atoms with Crippen molar-refractivity contribution in [3.8, 4) is 0 Å². The van der Waals surface area contributed by atoms with Gasteiger partial charge in [-0.15, -0.1) is 0 Å². The smallest absolute Gasteiger partial charge is 0.220 e. The molecule has 1 rings (SSSR count). The van der Waals surface area contributed by atoms with Gasteiger partial charge >= 0.3 is 0 Å². The van der Waals surface area contributed by atoms with Crippen molar-refractivity contribution in [2.24, 2.45) is 5.92 Å².